The Hall–Kier alpha value is -3.16. The van der Waals surface area contributed by atoms with Crippen molar-refractivity contribution in [2.45, 2.75) is 70.6 Å². The highest BCUT2D eigenvalue weighted by Crippen LogP contribution is 2.28. The molecule has 37 heavy (non-hydrogen) atoms. The van der Waals surface area contributed by atoms with E-state index in [1.165, 1.54) is 7.11 Å². The molecule has 0 bridgehead atoms. The Morgan fingerprint density at radius 3 is 2.59 bits per heavy atom. The summed E-state index contributed by atoms with van der Waals surface area (Å²) in [6, 6.07) is 5.27. The summed E-state index contributed by atoms with van der Waals surface area (Å²) in [4.78, 5) is 13.1. The van der Waals surface area contributed by atoms with E-state index in [4.69, 9.17) is 14.2 Å². The second-order valence-corrected chi connectivity index (χ2v) is 11.3. The SMILES string of the molecule is COc1cccc(-c2nnc(NS(=O)(=O)C(C)C(OC(C)C)c3ncc(C)cn3)n2C[C@@H]2CCCO2)n1. The van der Waals surface area contributed by atoms with Crippen LogP contribution in [0.3, 0.4) is 0 Å². The van der Waals surface area contributed by atoms with Crippen LogP contribution in [0.5, 0.6) is 5.88 Å². The quantitative estimate of drug-likeness (QED) is 0.392. The lowest BCUT2D eigenvalue weighted by molar-refractivity contribution is 0.00152. The minimum absolute atomic E-state index is 0.0649. The molecule has 1 aliphatic rings. The highest BCUT2D eigenvalue weighted by atomic mass is 32.2. The van der Waals surface area contributed by atoms with Gasteiger partial charge in [0, 0.05) is 25.1 Å². The summed E-state index contributed by atoms with van der Waals surface area (Å²) in [5.74, 6) is 1.16. The van der Waals surface area contributed by atoms with Crippen molar-refractivity contribution in [1.82, 2.24) is 29.7 Å². The topological polar surface area (TPSA) is 143 Å². The molecule has 3 aromatic rings. The zero-order valence-electron chi connectivity index (χ0n) is 21.7. The van der Waals surface area contributed by atoms with Crippen molar-refractivity contribution in [3.63, 3.8) is 0 Å². The number of hydrogen-bond acceptors (Lipinski definition) is 10. The molecule has 12 nitrogen and oxygen atoms in total. The average Bonchev–Trinajstić information content (AvgIpc) is 3.53. The Morgan fingerprint density at radius 2 is 1.95 bits per heavy atom. The van der Waals surface area contributed by atoms with Gasteiger partial charge in [0.1, 0.15) is 17.0 Å². The van der Waals surface area contributed by atoms with Crippen LogP contribution in [0.25, 0.3) is 11.5 Å². The van der Waals surface area contributed by atoms with Crippen LogP contribution in [0, 0.1) is 6.92 Å². The lowest BCUT2D eigenvalue weighted by Crippen LogP contribution is -2.35. The zero-order valence-corrected chi connectivity index (χ0v) is 22.5. The molecular formula is C24H33N7O5S. The lowest BCUT2D eigenvalue weighted by Gasteiger charge is -2.25. The fourth-order valence-corrected chi connectivity index (χ4v) is 5.10. The van der Waals surface area contributed by atoms with Gasteiger partial charge in [-0.3, -0.25) is 9.29 Å². The zero-order chi connectivity index (χ0) is 26.6. The van der Waals surface area contributed by atoms with E-state index in [2.05, 4.69) is 29.9 Å². The highest BCUT2D eigenvalue weighted by molar-refractivity contribution is 7.93. The number of hydrogen-bond donors (Lipinski definition) is 1. The second kappa shape index (κ2) is 11.5. The molecule has 2 unspecified atom stereocenters. The molecule has 3 atom stereocenters. The molecule has 0 amide bonds. The maximum Gasteiger partial charge on any atom is 0.240 e. The number of nitrogens with zero attached hydrogens (tertiary/aromatic N) is 6. The first kappa shape index (κ1) is 26.9. The van der Waals surface area contributed by atoms with Crippen molar-refractivity contribution in [2.75, 3.05) is 18.4 Å². The number of sulfonamides is 1. The molecule has 1 fully saturated rings. The van der Waals surface area contributed by atoms with Crippen LogP contribution in [0.4, 0.5) is 5.95 Å². The first-order chi connectivity index (χ1) is 17.7. The van der Waals surface area contributed by atoms with E-state index in [0.29, 0.717) is 36.4 Å². The first-order valence-corrected chi connectivity index (χ1v) is 13.7. The van der Waals surface area contributed by atoms with Crippen LogP contribution in [-0.4, -0.2) is 69.3 Å². The molecule has 200 valence electrons. The molecule has 4 heterocycles. The molecule has 13 heteroatoms. The van der Waals surface area contributed by atoms with E-state index in [1.54, 1.807) is 42.1 Å². The number of aromatic nitrogens is 6. The number of ether oxygens (including phenoxy) is 3. The molecule has 3 aromatic heterocycles. The van der Waals surface area contributed by atoms with E-state index < -0.39 is 21.4 Å². The van der Waals surface area contributed by atoms with Gasteiger partial charge in [0.2, 0.25) is 21.9 Å². The number of pyridine rings is 1. The third kappa shape index (κ3) is 6.40. The summed E-state index contributed by atoms with van der Waals surface area (Å²) in [7, 11) is -2.49. The largest absolute Gasteiger partial charge is 0.481 e. The van der Waals surface area contributed by atoms with E-state index in [0.717, 1.165) is 18.4 Å². The monoisotopic (exact) mass is 531 g/mol. The Labute approximate surface area is 216 Å². The summed E-state index contributed by atoms with van der Waals surface area (Å²) in [5.41, 5.74) is 1.36. The minimum Gasteiger partial charge on any atom is -0.481 e. The smallest absolute Gasteiger partial charge is 0.240 e. The summed E-state index contributed by atoms with van der Waals surface area (Å²) in [6.45, 7) is 8.10. The average molecular weight is 532 g/mol. The van der Waals surface area contributed by atoms with Gasteiger partial charge in [-0.15, -0.1) is 10.2 Å². The van der Waals surface area contributed by atoms with Crippen molar-refractivity contribution in [3.05, 3.63) is 42.0 Å². The van der Waals surface area contributed by atoms with Gasteiger partial charge >= 0.3 is 0 Å². The number of nitrogens with one attached hydrogen (secondary N) is 1. The predicted molar refractivity (Wildman–Crippen MR) is 137 cm³/mol. The standard InChI is InChI=1S/C24H33N7O5S/c1-15(2)36-21(22-25-12-16(3)13-26-22)17(4)37(32,33)30-24-29-28-23(19-9-6-10-20(27-19)34-5)31(24)14-18-8-7-11-35-18/h6,9-10,12-13,15,17-18,21H,7-8,11,14H2,1-5H3,(H,29,30)/t17?,18-,21?/m0/s1. The van der Waals surface area contributed by atoms with Gasteiger partial charge in [0.05, 0.1) is 25.9 Å². The van der Waals surface area contributed by atoms with Gasteiger partial charge in [-0.1, -0.05) is 6.07 Å². The minimum atomic E-state index is -4.02. The van der Waals surface area contributed by atoms with E-state index >= 15 is 0 Å². The van der Waals surface area contributed by atoms with E-state index in [9.17, 15) is 8.42 Å². The Kier molecular flexibility index (Phi) is 8.35. The van der Waals surface area contributed by atoms with Gasteiger partial charge in [-0.25, -0.2) is 23.4 Å². The maximum atomic E-state index is 13.6. The van der Waals surface area contributed by atoms with Gasteiger partial charge in [0.25, 0.3) is 0 Å². The molecule has 0 saturated carbocycles. The van der Waals surface area contributed by atoms with Crippen LogP contribution in [-0.2, 0) is 26.0 Å². The van der Waals surface area contributed by atoms with Gasteiger partial charge in [-0.2, -0.15) is 0 Å². The van der Waals surface area contributed by atoms with Crippen molar-refractivity contribution >= 4 is 16.0 Å². The molecule has 0 aromatic carbocycles. The molecule has 1 saturated heterocycles. The number of aryl methyl sites for hydroxylation is 1. The summed E-state index contributed by atoms with van der Waals surface area (Å²) >= 11 is 0. The van der Waals surface area contributed by atoms with Crippen LogP contribution < -0.4 is 9.46 Å². The van der Waals surface area contributed by atoms with E-state index in [-0.39, 0.29) is 18.2 Å². The number of rotatable bonds is 11. The van der Waals surface area contributed by atoms with Crippen molar-refractivity contribution in [1.29, 1.82) is 0 Å². The number of methoxy groups -OCH3 is 1. The summed E-state index contributed by atoms with van der Waals surface area (Å²) in [6.07, 6.45) is 3.81. The van der Waals surface area contributed by atoms with Crippen molar-refractivity contribution in [3.8, 4) is 17.4 Å². The molecule has 0 aliphatic carbocycles. The van der Waals surface area contributed by atoms with E-state index in [1.807, 2.05) is 20.8 Å². The Morgan fingerprint density at radius 1 is 1.19 bits per heavy atom. The molecule has 0 radical (unpaired) electrons. The fourth-order valence-electron chi connectivity index (χ4n) is 3.99. The molecule has 1 N–H and O–H groups in total. The normalized spacial score (nSPS) is 17.6. The first-order valence-electron chi connectivity index (χ1n) is 12.2. The predicted octanol–water partition coefficient (Wildman–Crippen LogP) is 2.92. The van der Waals surface area contributed by atoms with Crippen molar-refractivity contribution < 1.29 is 22.6 Å². The van der Waals surface area contributed by atoms with Gasteiger partial charge < -0.3 is 14.2 Å². The molecule has 1 aliphatic heterocycles. The van der Waals surface area contributed by atoms with Crippen LogP contribution in [0.15, 0.2) is 30.6 Å². The van der Waals surface area contributed by atoms with Crippen LogP contribution >= 0.6 is 0 Å². The molecule has 0 spiro atoms. The van der Waals surface area contributed by atoms with Gasteiger partial charge in [0.15, 0.2) is 11.6 Å². The molecular weight excluding hydrogens is 498 g/mol. The number of anilines is 1. The van der Waals surface area contributed by atoms with Crippen LogP contribution in [0.2, 0.25) is 0 Å². The Balaban J connectivity index is 1.67. The third-order valence-corrected chi connectivity index (χ3v) is 7.64. The van der Waals surface area contributed by atoms with Gasteiger partial charge in [-0.05, 0) is 52.2 Å². The third-order valence-electron chi connectivity index (χ3n) is 5.95. The highest BCUT2D eigenvalue weighted by Gasteiger charge is 2.36. The summed E-state index contributed by atoms with van der Waals surface area (Å²) < 4.78 is 48.5. The maximum absolute atomic E-state index is 13.6. The second-order valence-electron chi connectivity index (χ2n) is 9.23. The fraction of sp³-hybridized carbons (Fsp3) is 0.542. The van der Waals surface area contributed by atoms with Crippen LogP contribution in [0.1, 0.15) is 51.1 Å². The van der Waals surface area contributed by atoms with Crippen molar-refractivity contribution in [2.24, 2.45) is 0 Å². The molecule has 4 rings (SSSR count). The summed E-state index contributed by atoms with van der Waals surface area (Å²) in [5, 5.41) is 7.40. The Bertz CT molecular complexity index is 1290. The lowest BCUT2D eigenvalue weighted by atomic mass is 10.2.